The first-order valence-corrected chi connectivity index (χ1v) is 9.17. The van der Waals surface area contributed by atoms with E-state index in [1.807, 2.05) is 13.8 Å². The zero-order valence-electron chi connectivity index (χ0n) is 15.5. The average Bonchev–Trinajstić information content (AvgIpc) is 2.54. The Morgan fingerprint density at radius 3 is 2.22 bits per heavy atom. The Balaban J connectivity index is 4.15. The van der Waals surface area contributed by atoms with Crippen molar-refractivity contribution in [2.45, 2.75) is 96.6 Å². The SMILES string of the molecule is C[CH]CCCCCCCNC(C)(CO)C(CC)NC(C)C(O)O. The summed E-state index contributed by atoms with van der Waals surface area (Å²) in [5, 5.41) is 35.0. The number of nitrogens with one attached hydrogen (secondary N) is 2. The number of hydrogen-bond acceptors (Lipinski definition) is 5. The van der Waals surface area contributed by atoms with E-state index < -0.39 is 17.9 Å². The van der Waals surface area contributed by atoms with Crippen molar-refractivity contribution in [3.8, 4) is 0 Å². The minimum Gasteiger partial charge on any atom is -0.394 e. The van der Waals surface area contributed by atoms with E-state index in [2.05, 4.69) is 24.0 Å². The molecule has 0 spiro atoms. The first-order valence-electron chi connectivity index (χ1n) is 9.17. The van der Waals surface area contributed by atoms with E-state index >= 15 is 0 Å². The first-order chi connectivity index (χ1) is 10.9. The Morgan fingerprint density at radius 1 is 1.09 bits per heavy atom. The second-order valence-electron chi connectivity index (χ2n) is 6.80. The maximum Gasteiger partial charge on any atom is 0.166 e. The van der Waals surface area contributed by atoms with Crippen molar-refractivity contribution < 1.29 is 15.3 Å². The molecule has 0 aromatic heterocycles. The largest absolute Gasteiger partial charge is 0.394 e. The van der Waals surface area contributed by atoms with Crippen LogP contribution in [0.25, 0.3) is 0 Å². The van der Waals surface area contributed by atoms with Crippen LogP contribution in [0, 0.1) is 6.42 Å². The fourth-order valence-corrected chi connectivity index (χ4v) is 2.82. The van der Waals surface area contributed by atoms with Gasteiger partial charge in [0.05, 0.1) is 18.2 Å². The van der Waals surface area contributed by atoms with Gasteiger partial charge in [-0.3, -0.25) is 0 Å². The molecular weight excluding hydrogens is 292 g/mol. The standard InChI is InChI=1S/C18H39N2O3/c1-5-7-8-9-10-11-12-13-19-18(4,14-21)16(6-2)20-15(3)17(22)23/h5,15-17,19-23H,6-14H2,1-4H3. The van der Waals surface area contributed by atoms with Crippen LogP contribution in [0.15, 0.2) is 0 Å². The molecule has 0 bridgehead atoms. The molecule has 0 rings (SSSR count). The molecular formula is C18H39N2O3. The Kier molecular flexibility index (Phi) is 13.0. The van der Waals surface area contributed by atoms with Crippen LogP contribution in [0.5, 0.6) is 0 Å². The van der Waals surface area contributed by atoms with Crippen LogP contribution < -0.4 is 10.6 Å². The Morgan fingerprint density at radius 2 is 1.70 bits per heavy atom. The molecule has 0 saturated carbocycles. The quantitative estimate of drug-likeness (QED) is 0.234. The van der Waals surface area contributed by atoms with Crippen molar-refractivity contribution in [1.29, 1.82) is 0 Å². The van der Waals surface area contributed by atoms with Crippen molar-refractivity contribution in [2.75, 3.05) is 13.2 Å². The molecule has 0 heterocycles. The van der Waals surface area contributed by atoms with Crippen molar-refractivity contribution in [3.63, 3.8) is 0 Å². The number of hydrogen-bond donors (Lipinski definition) is 5. The Bertz CT molecular complexity index is 277. The number of unbranched alkanes of at least 4 members (excludes halogenated alkanes) is 6. The van der Waals surface area contributed by atoms with Crippen LogP contribution >= 0.6 is 0 Å². The van der Waals surface area contributed by atoms with Gasteiger partial charge in [0.2, 0.25) is 0 Å². The summed E-state index contributed by atoms with van der Waals surface area (Å²) in [6.45, 7) is 8.74. The van der Waals surface area contributed by atoms with Gasteiger partial charge in [0.25, 0.3) is 0 Å². The second-order valence-corrected chi connectivity index (χ2v) is 6.80. The molecule has 3 atom stereocenters. The van der Waals surface area contributed by atoms with Crippen molar-refractivity contribution in [1.82, 2.24) is 10.6 Å². The lowest BCUT2D eigenvalue weighted by atomic mass is 9.90. The van der Waals surface area contributed by atoms with Gasteiger partial charge >= 0.3 is 0 Å². The molecule has 23 heavy (non-hydrogen) atoms. The monoisotopic (exact) mass is 331 g/mol. The minimum atomic E-state index is -1.40. The molecule has 5 heteroatoms. The second kappa shape index (κ2) is 13.1. The van der Waals surface area contributed by atoms with Crippen molar-refractivity contribution >= 4 is 0 Å². The van der Waals surface area contributed by atoms with Crippen molar-refractivity contribution in [3.05, 3.63) is 6.42 Å². The summed E-state index contributed by atoms with van der Waals surface area (Å²) in [6.07, 6.45) is 8.95. The predicted octanol–water partition coefficient (Wildman–Crippen LogP) is 1.96. The van der Waals surface area contributed by atoms with Gasteiger partial charge < -0.3 is 26.0 Å². The lowest BCUT2D eigenvalue weighted by Crippen LogP contribution is -2.62. The molecule has 0 amide bonds. The fourth-order valence-electron chi connectivity index (χ4n) is 2.82. The van der Waals surface area contributed by atoms with E-state index in [9.17, 15) is 15.3 Å². The summed E-state index contributed by atoms with van der Waals surface area (Å²) in [6, 6.07) is -0.451. The highest BCUT2D eigenvalue weighted by Gasteiger charge is 2.33. The highest BCUT2D eigenvalue weighted by Crippen LogP contribution is 2.15. The smallest absolute Gasteiger partial charge is 0.166 e. The van der Waals surface area contributed by atoms with E-state index in [-0.39, 0.29) is 12.6 Å². The van der Waals surface area contributed by atoms with Crippen molar-refractivity contribution in [2.24, 2.45) is 0 Å². The fraction of sp³-hybridized carbons (Fsp3) is 0.944. The van der Waals surface area contributed by atoms with Gasteiger partial charge in [0, 0.05) is 6.04 Å². The summed E-state index contributed by atoms with van der Waals surface area (Å²) < 4.78 is 0. The summed E-state index contributed by atoms with van der Waals surface area (Å²) in [5.74, 6) is 0. The van der Waals surface area contributed by atoms with Crippen LogP contribution in [0.1, 0.15) is 72.6 Å². The number of aliphatic hydroxyl groups excluding tert-OH is 2. The van der Waals surface area contributed by atoms with Gasteiger partial charge in [-0.05, 0) is 39.7 Å². The topological polar surface area (TPSA) is 84.8 Å². The van der Waals surface area contributed by atoms with E-state index in [1.54, 1.807) is 6.92 Å². The van der Waals surface area contributed by atoms with E-state index in [0.717, 1.165) is 19.4 Å². The lowest BCUT2D eigenvalue weighted by Gasteiger charge is -2.39. The minimum absolute atomic E-state index is 0.0130. The molecule has 0 aromatic carbocycles. The molecule has 0 aliphatic heterocycles. The maximum atomic E-state index is 9.81. The van der Waals surface area contributed by atoms with Crippen LogP contribution in [-0.4, -0.2) is 52.4 Å². The van der Waals surface area contributed by atoms with E-state index in [4.69, 9.17) is 0 Å². The summed E-state index contributed by atoms with van der Waals surface area (Å²) in [4.78, 5) is 0. The van der Waals surface area contributed by atoms with Crippen LogP contribution in [0.4, 0.5) is 0 Å². The third kappa shape index (κ3) is 9.62. The van der Waals surface area contributed by atoms with Gasteiger partial charge in [-0.15, -0.1) is 0 Å². The third-order valence-corrected chi connectivity index (χ3v) is 4.62. The van der Waals surface area contributed by atoms with Crippen LogP contribution in [-0.2, 0) is 0 Å². The van der Waals surface area contributed by atoms with Gasteiger partial charge in [0.15, 0.2) is 6.29 Å². The summed E-state index contributed by atoms with van der Waals surface area (Å²) >= 11 is 0. The van der Waals surface area contributed by atoms with Gasteiger partial charge in [-0.1, -0.05) is 46.0 Å². The molecule has 1 radical (unpaired) electrons. The summed E-state index contributed by atoms with van der Waals surface area (Å²) in [5.41, 5.74) is -0.463. The molecule has 0 aliphatic rings. The maximum absolute atomic E-state index is 9.81. The highest BCUT2D eigenvalue weighted by molar-refractivity contribution is 4.95. The molecule has 0 saturated heterocycles. The first kappa shape index (κ1) is 22.8. The van der Waals surface area contributed by atoms with E-state index in [0.29, 0.717) is 0 Å². The zero-order valence-corrected chi connectivity index (χ0v) is 15.5. The van der Waals surface area contributed by atoms with Crippen LogP contribution in [0.2, 0.25) is 0 Å². The van der Waals surface area contributed by atoms with Gasteiger partial charge in [-0.2, -0.15) is 0 Å². The molecule has 139 valence electrons. The Hall–Kier alpha value is -0.200. The third-order valence-electron chi connectivity index (χ3n) is 4.62. The molecule has 5 nitrogen and oxygen atoms in total. The molecule has 0 fully saturated rings. The van der Waals surface area contributed by atoms with Gasteiger partial charge in [-0.25, -0.2) is 0 Å². The normalized spacial score (nSPS) is 17.2. The molecule has 5 N–H and O–H groups in total. The highest BCUT2D eigenvalue weighted by atomic mass is 16.5. The summed E-state index contributed by atoms with van der Waals surface area (Å²) in [7, 11) is 0. The lowest BCUT2D eigenvalue weighted by molar-refractivity contribution is -0.0680. The van der Waals surface area contributed by atoms with E-state index in [1.165, 1.54) is 32.1 Å². The molecule has 3 unspecified atom stereocenters. The van der Waals surface area contributed by atoms with Crippen LogP contribution in [0.3, 0.4) is 0 Å². The average molecular weight is 332 g/mol. The van der Waals surface area contributed by atoms with Gasteiger partial charge in [0.1, 0.15) is 0 Å². The number of aliphatic hydroxyl groups is 3. The number of rotatable bonds is 15. The predicted molar refractivity (Wildman–Crippen MR) is 96.1 cm³/mol. The zero-order chi connectivity index (χ0) is 17.7. The Labute approximate surface area is 142 Å². The molecule has 0 aromatic rings. The molecule has 0 aliphatic carbocycles.